The normalized spacial score (nSPS) is 23.6. The van der Waals surface area contributed by atoms with Crippen molar-refractivity contribution in [3.63, 3.8) is 0 Å². The third kappa shape index (κ3) is 5.11. The maximum atomic E-state index is 12.5. The van der Waals surface area contributed by atoms with E-state index in [4.69, 9.17) is 14.6 Å². The first-order valence-corrected chi connectivity index (χ1v) is 10.1. The van der Waals surface area contributed by atoms with Crippen molar-refractivity contribution in [3.05, 3.63) is 11.6 Å². The number of esters is 1. The maximum Gasteiger partial charge on any atom is 0.312 e. The van der Waals surface area contributed by atoms with Crippen molar-refractivity contribution in [2.24, 2.45) is 5.41 Å². The predicted octanol–water partition coefficient (Wildman–Crippen LogP) is 0.377. The average molecular weight is 407 g/mol. The van der Waals surface area contributed by atoms with Crippen molar-refractivity contribution < 1.29 is 24.2 Å². The van der Waals surface area contributed by atoms with Gasteiger partial charge in [-0.1, -0.05) is 0 Å². The zero-order chi connectivity index (χ0) is 20.9. The molecule has 1 aromatic heterocycles. The predicted molar refractivity (Wildman–Crippen MR) is 102 cm³/mol. The summed E-state index contributed by atoms with van der Waals surface area (Å²) in [7, 11) is 0. The minimum Gasteiger partial charge on any atom is -0.483 e. The Morgan fingerprint density at radius 2 is 1.97 bits per heavy atom. The number of rotatable bonds is 4. The highest BCUT2D eigenvalue weighted by Crippen LogP contribution is 2.43. The molecule has 10 heteroatoms. The maximum absolute atomic E-state index is 12.5. The van der Waals surface area contributed by atoms with Gasteiger partial charge in [0.15, 0.2) is 5.82 Å². The number of carbonyl (C=O) groups excluding carboxylic acids is 2. The second-order valence-electron chi connectivity index (χ2n) is 8.02. The second-order valence-corrected chi connectivity index (χ2v) is 8.02. The van der Waals surface area contributed by atoms with E-state index >= 15 is 0 Å². The lowest BCUT2D eigenvalue weighted by molar-refractivity contribution is -0.152. The Bertz CT molecular complexity index is 722. The Kier molecular flexibility index (Phi) is 6.83. The Morgan fingerprint density at radius 3 is 2.55 bits per heavy atom. The summed E-state index contributed by atoms with van der Waals surface area (Å²) in [5, 5.41) is 13.7. The molecule has 2 N–H and O–H groups in total. The summed E-state index contributed by atoms with van der Waals surface area (Å²) >= 11 is 0. The SMILES string of the molecule is Cc1nc(CC(=O)N2CCC3(CC2)CC(CN2CCCC2)OC3=O)n[nH]1.O=CO. The van der Waals surface area contributed by atoms with Crippen molar-refractivity contribution in [2.75, 3.05) is 32.7 Å². The summed E-state index contributed by atoms with van der Waals surface area (Å²) < 4.78 is 5.70. The van der Waals surface area contributed by atoms with E-state index in [1.807, 2.05) is 11.8 Å². The Labute approximate surface area is 169 Å². The van der Waals surface area contributed by atoms with Crippen molar-refractivity contribution in [3.8, 4) is 0 Å². The molecule has 3 saturated heterocycles. The zero-order valence-electron chi connectivity index (χ0n) is 16.8. The van der Waals surface area contributed by atoms with E-state index in [-0.39, 0.29) is 36.3 Å². The number of aromatic amines is 1. The fourth-order valence-corrected chi connectivity index (χ4v) is 4.50. The van der Waals surface area contributed by atoms with Crippen LogP contribution in [0.25, 0.3) is 0 Å². The molecule has 3 aliphatic heterocycles. The Hall–Kier alpha value is -2.49. The van der Waals surface area contributed by atoms with E-state index in [9.17, 15) is 9.59 Å². The smallest absolute Gasteiger partial charge is 0.312 e. The van der Waals surface area contributed by atoms with E-state index < -0.39 is 0 Å². The third-order valence-electron chi connectivity index (χ3n) is 6.01. The van der Waals surface area contributed by atoms with Gasteiger partial charge in [0.2, 0.25) is 5.91 Å². The molecule has 4 rings (SSSR count). The molecule has 3 aliphatic rings. The number of nitrogens with one attached hydrogen (secondary N) is 1. The van der Waals surface area contributed by atoms with E-state index in [1.165, 1.54) is 12.8 Å². The van der Waals surface area contributed by atoms with Gasteiger partial charge < -0.3 is 14.7 Å². The number of nitrogens with zero attached hydrogens (tertiary/aromatic N) is 4. The lowest BCUT2D eigenvalue weighted by Crippen LogP contribution is -2.45. The molecule has 1 amide bonds. The zero-order valence-corrected chi connectivity index (χ0v) is 16.8. The first kappa shape index (κ1) is 21.2. The van der Waals surface area contributed by atoms with Crippen LogP contribution in [0, 0.1) is 12.3 Å². The quantitative estimate of drug-likeness (QED) is 0.541. The molecule has 1 aromatic rings. The number of hydrogen-bond acceptors (Lipinski definition) is 7. The van der Waals surface area contributed by atoms with Gasteiger partial charge in [0.05, 0.1) is 11.8 Å². The molecule has 1 unspecified atom stereocenters. The molecule has 0 radical (unpaired) electrons. The number of aromatic nitrogens is 3. The van der Waals surface area contributed by atoms with Crippen LogP contribution >= 0.6 is 0 Å². The second kappa shape index (κ2) is 9.34. The summed E-state index contributed by atoms with van der Waals surface area (Å²) in [6, 6.07) is 0. The standard InChI is InChI=1S/C18H27N5O3.CH2O2/c1-13-19-15(21-20-13)10-16(24)23-8-4-18(5-9-23)11-14(26-17(18)25)12-22-6-2-3-7-22;2-1-3/h14H,2-12H2,1H3,(H,19,20,21);1H,(H,2,3). The van der Waals surface area contributed by atoms with Crippen LogP contribution in [0.5, 0.6) is 0 Å². The molecule has 0 saturated carbocycles. The number of H-pyrrole nitrogens is 1. The lowest BCUT2D eigenvalue weighted by Gasteiger charge is -2.36. The van der Waals surface area contributed by atoms with Gasteiger partial charge in [-0.25, -0.2) is 4.98 Å². The van der Waals surface area contributed by atoms with Crippen molar-refractivity contribution in [1.29, 1.82) is 0 Å². The number of amides is 1. The Balaban J connectivity index is 0.000000755. The first-order chi connectivity index (χ1) is 14.0. The van der Waals surface area contributed by atoms with Gasteiger partial charge in [0.1, 0.15) is 11.9 Å². The van der Waals surface area contributed by atoms with Crippen LogP contribution in [-0.4, -0.2) is 87.3 Å². The van der Waals surface area contributed by atoms with Gasteiger partial charge in [-0.05, 0) is 45.7 Å². The summed E-state index contributed by atoms with van der Waals surface area (Å²) in [5.74, 6) is 1.21. The monoisotopic (exact) mass is 407 g/mol. The highest BCUT2D eigenvalue weighted by atomic mass is 16.6. The summed E-state index contributed by atoms with van der Waals surface area (Å²) in [6.07, 6.45) is 4.89. The fourth-order valence-electron chi connectivity index (χ4n) is 4.50. The molecule has 160 valence electrons. The number of carbonyl (C=O) groups is 3. The molecule has 0 bridgehead atoms. The minimum absolute atomic E-state index is 0.0130. The van der Waals surface area contributed by atoms with Crippen LogP contribution in [-0.2, 0) is 25.5 Å². The van der Waals surface area contributed by atoms with E-state index in [0.29, 0.717) is 37.6 Å². The van der Waals surface area contributed by atoms with Crippen LogP contribution in [0.15, 0.2) is 0 Å². The van der Waals surface area contributed by atoms with Crippen LogP contribution in [0.1, 0.15) is 43.8 Å². The van der Waals surface area contributed by atoms with Crippen molar-refractivity contribution in [1.82, 2.24) is 25.0 Å². The van der Waals surface area contributed by atoms with Gasteiger partial charge in [-0.3, -0.25) is 24.4 Å². The van der Waals surface area contributed by atoms with E-state index in [0.717, 1.165) is 26.1 Å². The van der Waals surface area contributed by atoms with Crippen molar-refractivity contribution >= 4 is 18.3 Å². The topological polar surface area (TPSA) is 129 Å². The number of aryl methyl sites for hydroxylation is 1. The minimum atomic E-state index is -0.387. The Morgan fingerprint density at radius 1 is 1.31 bits per heavy atom. The number of likely N-dealkylation sites (tertiary alicyclic amines) is 2. The summed E-state index contributed by atoms with van der Waals surface area (Å²) in [5.41, 5.74) is -0.387. The third-order valence-corrected chi connectivity index (χ3v) is 6.01. The fraction of sp³-hybridized carbons (Fsp3) is 0.737. The van der Waals surface area contributed by atoms with Crippen LogP contribution in [0.3, 0.4) is 0 Å². The highest BCUT2D eigenvalue weighted by molar-refractivity contribution is 5.81. The summed E-state index contributed by atoms with van der Waals surface area (Å²) in [6.45, 7) is 5.87. The number of hydrogen-bond donors (Lipinski definition) is 2. The highest BCUT2D eigenvalue weighted by Gasteiger charge is 2.51. The largest absolute Gasteiger partial charge is 0.483 e. The number of ether oxygens (including phenoxy) is 1. The number of carboxylic acid groups (broad SMARTS) is 1. The van der Waals surface area contributed by atoms with Gasteiger partial charge in [-0.2, -0.15) is 5.10 Å². The molecule has 10 nitrogen and oxygen atoms in total. The first-order valence-electron chi connectivity index (χ1n) is 10.1. The molecule has 4 heterocycles. The molecule has 29 heavy (non-hydrogen) atoms. The molecule has 0 aliphatic carbocycles. The molecular weight excluding hydrogens is 378 g/mol. The lowest BCUT2D eigenvalue weighted by atomic mass is 9.76. The van der Waals surface area contributed by atoms with Crippen LogP contribution in [0.2, 0.25) is 0 Å². The molecule has 1 spiro atoms. The van der Waals surface area contributed by atoms with Crippen LogP contribution < -0.4 is 0 Å². The van der Waals surface area contributed by atoms with Gasteiger partial charge in [0, 0.05) is 26.1 Å². The van der Waals surface area contributed by atoms with Crippen molar-refractivity contribution in [2.45, 2.75) is 51.6 Å². The average Bonchev–Trinajstić information content (AvgIpc) is 3.40. The molecule has 3 fully saturated rings. The number of piperidine rings is 1. The molecule has 1 atom stereocenters. The molecule has 0 aromatic carbocycles. The molecular formula is C19H29N5O5. The van der Waals surface area contributed by atoms with Gasteiger partial charge in [-0.15, -0.1) is 0 Å². The van der Waals surface area contributed by atoms with Gasteiger partial charge in [0.25, 0.3) is 6.47 Å². The summed E-state index contributed by atoms with van der Waals surface area (Å²) in [4.78, 5) is 41.8. The van der Waals surface area contributed by atoms with Gasteiger partial charge >= 0.3 is 5.97 Å². The van der Waals surface area contributed by atoms with Crippen LogP contribution in [0.4, 0.5) is 0 Å². The number of cyclic esters (lactones) is 1. The van der Waals surface area contributed by atoms with E-state index in [2.05, 4.69) is 20.1 Å². The van der Waals surface area contributed by atoms with E-state index in [1.54, 1.807) is 0 Å².